The first-order chi connectivity index (χ1) is 9.76. The van der Waals surface area contributed by atoms with Crippen LogP contribution in [0.1, 0.15) is 50.3 Å². The Kier molecular flexibility index (Phi) is 6.06. The van der Waals surface area contributed by atoms with Crippen molar-refractivity contribution in [1.29, 1.82) is 0 Å². The second kappa shape index (κ2) is 7.80. The third-order valence-corrected chi connectivity index (χ3v) is 4.44. The largest absolute Gasteiger partial charge is 0.384 e. The SMILES string of the molecule is CCCNC(c1ccc(CCOC)cc1)C(C)C1CC1. The molecule has 2 unspecified atom stereocenters. The highest BCUT2D eigenvalue weighted by Gasteiger charge is 2.33. The summed E-state index contributed by atoms with van der Waals surface area (Å²) in [4.78, 5) is 0. The molecular weight excluding hydrogens is 246 g/mol. The summed E-state index contributed by atoms with van der Waals surface area (Å²) in [6, 6.07) is 9.64. The molecule has 0 saturated heterocycles. The van der Waals surface area contributed by atoms with Gasteiger partial charge in [-0.2, -0.15) is 0 Å². The molecule has 0 aromatic heterocycles. The number of hydrogen-bond acceptors (Lipinski definition) is 2. The summed E-state index contributed by atoms with van der Waals surface area (Å²) >= 11 is 0. The Labute approximate surface area is 123 Å². The van der Waals surface area contributed by atoms with Crippen LogP contribution in [0.3, 0.4) is 0 Å². The van der Waals surface area contributed by atoms with E-state index in [1.54, 1.807) is 7.11 Å². The number of hydrogen-bond donors (Lipinski definition) is 1. The molecule has 0 aliphatic heterocycles. The molecule has 1 aliphatic carbocycles. The second-order valence-electron chi connectivity index (χ2n) is 6.11. The van der Waals surface area contributed by atoms with Crippen LogP contribution in [0.25, 0.3) is 0 Å². The lowest BCUT2D eigenvalue weighted by Crippen LogP contribution is -2.28. The molecule has 0 spiro atoms. The van der Waals surface area contributed by atoms with E-state index in [4.69, 9.17) is 4.74 Å². The molecule has 1 saturated carbocycles. The molecule has 1 aromatic rings. The van der Waals surface area contributed by atoms with Gasteiger partial charge >= 0.3 is 0 Å². The topological polar surface area (TPSA) is 21.3 Å². The van der Waals surface area contributed by atoms with E-state index in [2.05, 4.69) is 43.4 Å². The van der Waals surface area contributed by atoms with E-state index in [-0.39, 0.29) is 0 Å². The van der Waals surface area contributed by atoms with E-state index in [0.29, 0.717) is 6.04 Å². The van der Waals surface area contributed by atoms with Gasteiger partial charge in [0.1, 0.15) is 0 Å². The van der Waals surface area contributed by atoms with E-state index >= 15 is 0 Å². The van der Waals surface area contributed by atoms with Crippen molar-refractivity contribution in [2.45, 2.75) is 45.6 Å². The van der Waals surface area contributed by atoms with Crippen LogP contribution < -0.4 is 5.32 Å². The number of methoxy groups -OCH3 is 1. The lowest BCUT2D eigenvalue weighted by Gasteiger charge is -2.26. The van der Waals surface area contributed by atoms with Crippen molar-refractivity contribution in [3.63, 3.8) is 0 Å². The molecular formula is C18H29NO. The molecule has 20 heavy (non-hydrogen) atoms. The maximum atomic E-state index is 5.14. The van der Waals surface area contributed by atoms with Crippen molar-refractivity contribution in [3.8, 4) is 0 Å². The lowest BCUT2D eigenvalue weighted by molar-refractivity contribution is 0.202. The molecule has 1 N–H and O–H groups in total. The third-order valence-electron chi connectivity index (χ3n) is 4.44. The summed E-state index contributed by atoms with van der Waals surface area (Å²) in [5.41, 5.74) is 2.81. The van der Waals surface area contributed by atoms with E-state index in [1.807, 2.05) is 0 Å². The average molecular weight is 275 g/mol. The summed E-state index contributed by atoms with van der Waals surface area (Å²) < 4.78 is 5.14. The maximum Gasteiger partial charge on any atom is 0.0502 e. The molecule has 0 heterocycles. The summed E-state index contributed by atoms with van der Waals surface area (Å²) in [7, 11) is 1.76. The van der Waals surface area contributed by atoms with Crippen LogP contribution in [0.2, 0.25) is 0 Å². The van der Waals surface area contributed by atoms with Gasteiger partial charge in [0.2, 0.25) is 0 Å². The first kappa shape index (κ1) is 15.5. The van der Waals surface area contributed by atoms with Gasteiger partial charge in [0.05, 0.1) is 6.61 Å². The first-order valence-corrected chi connectivity index (χ1v) is 8.07. The van der Waals surface area contributed by atoms with Gasteiger partial charge in [-0.1, -0.05) is 38.1 Å². The Balaban J connectivity index is 2.02. The van der Waals surface area contributed by atoms with Crippen LogP contribution in [0, 0.1) is 11.8 Å². The van der Waals surface area contributed by atoms with E-state index in [1.165, 1.54) is 30.4 Å². The van der Waals surface area contributed by atoms with Gasteiger partial charge in [-0.05, 0) is 55.2 Å². The second-order valence-corrected chi connectivity index (χ2v) is 6.11. The summed E-state index contributed by atoms with van der Waals surface area (Å²) in [5, 5.41) is 3.74. The van der Waals surface area contributed by atoms with Gasteiger partial charge in [0.15, 0.2) is 0 Å². The highest BCUT2D eigenvalue weighted by atomic mass is 16.5. The average Bonchev–Trinajstić information content (AvgIpc) is 3.31. The summed E-state index contributed by atoms with van der Waals surface area (Å²) in [6.07, 6.45) is 5.02. The van der Waals surface area contributed by atoms with Crippen LogP contribution in [0.5, 0.6) is 0 Å². The van der Waals surface area contributed by atoms with Gasteiger partial charge in [0.25, 0.3) is 0 Å². The van der Waals surface area contributed by atoms with Gasteiger partial charge in [0, 0.05) is 13.2 Å². The van der Waals surface area contributed by atoms with Crippen LogP contribution in [-0.4, -0.2) is 20.3 Å². The Morgan fingerprint density at radius 1 is 1.25 bits per heavy atom. The maximum absolute atomic E-state index is 5.14. The zero-order valence-electron chi connectivity index (χ0n) is 13.2. The predicted molar refractivity (Wildman–Crippen MR) is 84.9 cm³/mol. The van der Waals surface area contributed by atoms with Gasteiger partial charge in [-0.3, -0.25) is 0 Å². The number of ether oxygens (including phenoxy) is 1. The van der Waals surface area contributed by atoms with Crippen molar-refractivity contribution in [3.05, 3.63) is 35.4 Å². The Morgan fingerprint density at radius 3 is 2.50 bits per heavy atom. The highest BCUT2D eigenvalue weighted by Crippen LogP contribution is 2.42. The van der Waals surface area contributed by atoms with E-state index in [9.17, 15) is 0 Å². The fourth-order valence-electron chi connectivity index (χ4n) is 2.91. The van der Waals surface area contributed by atoms with Crippen molar-refractivity contribution in [2.75, 3.05) is 20.3 Å². The van der Waals surface area contributed by atoms with Gasteiger partial charge < -0.3 is 10.1 Å². The first-order valence-electron chi connectivity index (χ1n) is 8.07. The molecule has 112 valence electrons. The molecule has 1 aliphatic rings. The monoisotopic (exact) mass is 275 g/mol. The van der Waals surface area contributed by atoms with Crippen molar-refractivity contribution >= 4 is 0 Å². The Bertz CT molecular complexity index is 383. The molecule has 1 fully saturated rings. The van der Waals surface area contributed by atoms with Crippen molar-refractivity contribution < 1.29 is 4.74 Å². The minimum Gasteiger partial charge on any atom is -0.384 e. The minimum atomic E-state index is 0.513. The quantitative estimate of drug-likeness (QED) is 0.736. The molecule has 0 bridgehead atoms. The van der Waals surface area contributed by atoms with Crippen molar-refractivity contribution in [2.24, 2.45) is 11.8 Å². The Hall–Kier alpha value is -0.860. The lowest BCUT2D eigenvalue weighted by atomic mass is 9.90. The fourth-order valence-corrected chi connectivity index (χ4v) is 2.91. The van der Waals surface area contributed by atoms with Crippen LogP contribution in [-0.2, 0) is 11.2 Å². The molecule has 1 aromatic carbocycles. The fraction of sp³-hybridized carbons (Fsp3) is 0.667. The smallest absolute Gasteiger partial charge is 0.0502 e. The third kappa shape index (κ3) is 4.32. The molecule has 2 rings (SSSR count). The van der Waals surface area contributed by atoms with E-state index in [0.717, 1.165) is 31.4 Å². The van der Waals surface area contributed by atoms with Crippen molar-refractivity contribution in [1.82, 2.24) is 5.32 Å². The highest BCUT2D eigenvalue weighted by molar-refractivity contribution is 5.26. The number of nitrogens with one attached hydrogen (secondary N) is 1. The molecule has 0 amide bonds. The standard InChI is InChI=1S/C18H29NO/c1-4-12-19-18(14(2)16-9-10-16)17-7-5-15(6-8-17)11-13-20-3/h5-8,14,16,18-19H,4,9-13H2,1-3H3. The Morgan fingerprint density at radius 2 is 1.95 bits per heavy atom. The molecule has 2 nitrogen and oxygen atoms in total. The predicted octanol–water partition coefficient (Wildman–Crippen LogP) is 3.96. The van der Waals surface area contributed by atoms with E-state index < -0.39 is 0 Å². The van der Waals surface area contributed by atoms with Crippen LogP contribution in [0.15, 0.2) is 24.3 Å². The zero-order chi connectivity index (χ0) is 14.4. The molecule has 2 atom stereocenters. The van der Waals surface area contributed by atoms with Gasteiger partial charge in [-0.15, -0.1) is 0 Å². The number of rotatable bonds is 9. The van der Waals surface area contributed by atoms with Crippen LogP contribution in [0.4, 0.5) is 0 Å². The molecule has 0 radical (unpaired) electrons. The summed E-state index contributed by atoms with van der Waals surface area (Å²) in [5.74, 6) is 1.67. The minimum absolute atomic E-state index is 0.513. The number of benzene rings is 1. The molecule has 2 heteroatoms. The zero-order valence-corrected chi connectivity index (χ0v) is 13.2. The normalized spacial score (nSPS) is 17.9. The summed E-state index contributed by atoms with van der Waals surface area (Å²) in [6.45, 7) is 6.55. The van der Waals surface area contributed by atoms with Crippen LogP contribution >= 0.6 is 0 Å². The van der Waals surface area contributed by atoms with Gasteiger partial charge in [-0.25, -0.2) is 0 Å².